The first kappa shape index (κ1) is 22.5. The van der Waals surface area contributed by atoms with Gasteiger partial charge in [-0.25, -0.2) is 9.97 Å². The van der Waals surface area contributed by atoms with Crippen molar-refractivity contribution in [2.45, 2.75) is 19.4 Å². The van der Waals surface area contributed by atoms with Crippen molar-refractivity contribution in [1.29, 1.82) is 0 Å². The van der Waals surface area contributed by atoms with Crippen molar-refractivity contribution in [2.24, 2.45) is 0 Å². The number of aromatic nitrogens is 3. The molecule has 0 atom stereocenters. The molecule has 34 heavy (non-hydrogen) atoms. The molecule has 4 heterocycles. The molecule has 0 unspecified atom stereocenters. The Balaban J connectivity index is 1.37. The highest BCUT2D eigenvalue weighted by molar-refractivity contribution is 7.16. The molecule has 8 nitrogen and oxygen atoms in total. The summed E-state index contributed by atoms with van der Waals surface area (Å²) in [5.41, 5.74) is 1.73. The summed E-state index contributed by atoms with van der Waals surface area (Å²) in [6.45, 7) is 7.68. The van der Waals surface area contributed by atoms with Gasteiger partial charge in [0.25, 0.3) is 0 Å². The molecule has 3 aromatic heterocycles. The number of pyridine rings is 1. The molecule has 4 aromatic rings. The Hall–Kier alpha value is -3.27. The Morgan fingerprint density at radius 2 is 1.68 bits per heavy atom. The maximum Gasteiger partial charge on any atom is 0.230 e. The number of thiophene rings is 1. The second kappa shape index (κ2) is 9.17. The molecule has 1 saturated heterocycles. The first-order valence-electron chi connectivity index (χ1n) is 11.4. The quantitative estimate of drug-likeness (QED) is 0.374. The Morgan fingerprint density at radius 1 is 0.912 bits per heavy atom. The fourth-order valence-electron chi connectivity index (χ4n) is 3.92. The van der Waals surface area contributed by atoms with E-state index in [0.717, 1.165) is 42.1 Å². The van der Waals surface area contributed by atoms with Crippen LogP contribution in [0.4, 0.5) is 29.0 Å². The monoisotopic (exact) mass is 475 g/mol. The van der Waals surface area contributed by atoms with E-state index in [1.165, 1.54) is 5.69 Å². The Labute approximate surface area is 203 Å². The van der Waals surface area contributed by atoms with Crippen molar-refractivity contribution in [1.82, 2.24) is 19.9 Å². The number of nitrogens with zero attached hydrogens (tertiary/aromatic N) is 5. The molecule has 9 heteroatoms. The van der Waals surface area contributed by atoms with E-state index in [2.05, 4.69) is 56.7 Å². The van der Waals surface area contributed by atoms with Gasteiger partial charge in [-0.3, -0.25) is 0 Å². The lowest BCUT2D eigenvalue weighted by Gasteiger charge is -2.34. The van der Waals surface area contributed by atoms with Gasteiger partial charge in [-0.1, -0.05) is 6.07 Å². The van der Waals surface area contributed by atoms with Crippen molar-refractivity contribution in [3.63, 3.8) is 0 Å². The Morgan fingerprint density at radius 3 is 2.41 bits per heavy atom. The zero-order valence-corrected chi connectivity index (χ0v) is 20.4. The van der Waals surface area contributed by atoms with Crippen LogP contribution in [0, 0.1) is 0 Å². The SMILES string of the molecule is CN1CCN(c2ccc(Nc3nc(Nc4cccc(C(C)(C)O)n4)c4ccsc4n3)cc2)CC1. The molecule has 176 valence electrons. The second-order valence-electron chi connectivity index (χ2n) is 9.09. The third-order valence-electron chi connectivity index (χ3n) is 5.94. The number of rotatable bonds is 6. The zero-order valence-electron chi connectivity index (χ0n) is 19.6. The summed E-state index contributed by atoms with van der Waals surface area (Å²) in [5.74, 6) is 1.81. The van der Waals surface area contributed by atoms with Gasteiger partial charge < -0.3 is 25.5 Å². The summed E-state index contributed by atoms with van der Waals surface area (Å²) in [7, 11) is 2.16. The van der Waals surface area contributed by atoms with Gasteiger partial charge in [-0.15, -0.1) is 11.3 Å². The fourth-order valence-corrected chi connectivity index (χ4v) is 4.69. The number of hydrogen-bond acceptors (Lipinski definition) is 9. The summed E-state index contributed by atoms with van der Waals surface area (Å²) in [6.07, 6.45) is 0. The number of anilines is 5. The van der Waals surface area contributed by atoms with E-state index in [9.17, 15) is 5.11 Å². The van der Waals surface area contributed by atoms with Crippen molar-refractivity contribution in [3.05, 3.63) is 59.6 Å². The maximum atomic E-state index is 10.3. The van der Waals surface area contributed by atoms with Crippen LogP contribution in [0.25, 0.3) is 10.2 Å². The zero-order chi connectivity index (χ0) is 23.7. The lowest BCUT2D eigenvalue weighted by atomic mass is 10.1. The summed E-state index contributed by atoms with van der Waals surface area (Å²) >= 11 is 1.56. The Kier molecular flexibility index (Phi) is 6.07. The molecule has 1 fully saturated rings. The van der Waals surface area contributed by atoms with Gasteiger partial charge in [-0.05, 0) is 68.7 Å². The van der Waals surface area contributed by atoms with Crippen LogP contribution in [0.5, 0.6) is 0 Å². The van der Waals surface area contributed by atoms with Crippen LogP contribution in [0.3, 0.4) is 0 Å². The van der Waals surface area contributed by atoms with E-state index in [1.54, 1.807) is 25.2 Å². The second-order valence-corrected chi connectivity index (χ2v) is 9.98. The van der Waals surface area contributed by atoms with Crippen LogP contribution in [0.15, 0.2) is 53.9 Å². The summed E-state index contributed by atoms with van der Waals surface area (Å²) in [6, 6.07) is 16.0. The molecule has 0 bridgehead atoms. The van der Waals surface area contributed by atoms with Gasteiger partial charge in [0.15, 0.2) is 0 Å². The molecular weight excluding hydrogens is 446 g/mol. The molecule has 1 aliphatic heterocycles. The molecule has 0 aliphatic carbocycles. The smallest absolute Gasteiger partial charge is 0.230 e. The average molecular weight is 476 g/mol. The van der Waals surface area contributed by atoms with Crippen molar-refractivity contribution in [3.8, 4) is 0 Å². The van der Waals surface area contributed by atoms with Gasteiger partial charge in [0.1, 0.15) is 22.1 Å². The minimum Gasteiger partial charge on any atom is -0.384 e. The van der Waals surface area contributed by atoms with Crippen LogP contribution in [0.2, 0.25) is 0 Å². The van der Waals surface area contributed by atoms with Crippen LogP contribution >= 0.6 is 11.3 Å². The largest absolute Gasteiger partial charge is 0.384 e. The molecule has 5 rings (SSSR count). The summed E-state index contributed by atoms with van der Waals surface area (Å²) < 4.78 is 0. The van der Waals surface area contributed by atoms with Crippen LogP contribution in [-0.4, -0.2) is 58.2 Å². The fraction of sp³-hybridized carbons (Fsp3) is 0.320. The molecule has 0 radical (unpaired) electrons. The molecular formula is C25H29N7OS. The van der Waals surface area contributed by atoms with Crippen molar-refractivity contribution >= 4 is 50.5 Å². The van der Waals surface area contributed by atoms with Gasteiger partial charge in [0.2, 0.25) is 5.95 Å². The lowest BCUT2D eigenvalue weighted by Crippen LogP contribution is -2.44. The standard InChI is InChI=1S/C25H29N7OS/c1-25(2,33)20-5-4-6-21(27-20)28-22-19-11-16-34-23(19)30-24(29-22)26-17-7-9-18(10-8-17)32-14-12-31(3)13-15-32/h4-11,16,33H,12-15H2,1-3H3,(H2,26,27,28,29,30). The van der Waals surface area contributed by atoms with E-state index in [4.69, 9.17) is 9.97 Å². The summed E-state index contributed by atoms with van der Waals surface area (Å²) in [4.78, 5) is 19.6. The molecule has 3 N–H and O–H groups in total. The number of nitrogens with one attached hydrogen (secondary N) is 2. The van der Waals surface area contributed by atoms with E-state index >= 15 is 0 Å². The maximum absolute atomic E-state index is 10.3. The molecule has 0 amide bonds. The topological polar surface area (TPSA) is 89.4 Å². The van der Waals surface area contributed by atoms with Gasteiger partial charge >= 0.3 is 0 Å². The highest BCUT2D eigenvalue weighted by atomic mass is 32.1. The summed E-state index contributed by atoms with van der Waals surface area (Å²) in [5, 5.41) is 19.9. The molecule has 0 spiro atoms. The Bertz CT molecular complexity index is 1270. The number of likely N-dealkylation sites (N-methyl/N-ethyl adjacent to an activating group) is 1. The van der Waals surface area contributed by atoms with Crippen molar-refractivity contribution in [2.75, 3.05) is 48.8 Å². The highest BCUT2D eigenvalue weighted by Crippen LogP contribution is 2.30. The number of hydrogen-bond donors (Lipinski definition) is 3. The number of aliphatic hydroxyl groups is 1. The highest BCUT2D eigenvalue weighted by Gasteiger charge is 2.19. The average Bonchev–Trinajstić information content (AvgIpc) is 3.29. The number of benzene rings is 1. The predicted molar refractivity (Wildman–Crippen MR) is 140 cm³/mol. The normalized spacial score (nSPS) is 15.0. The minimum absolute atomic E-state index is 0.517. The minimum atomic E-state index is -1.02. The lowest BCUT2D eigenvalue weighted by molar-refractivity contribution is 0.0740. The number of piperazine rings is 1. The van der Waals surface area contributed by atoms with E-state index in [1.807, 2.05) is 29.6 Å². The first-order valence-corrected chi connectivity index (χ1v) is 12.3. The van der Waals surface area contributed by atoms with Gasteiger partial charge in [-0.2, -0.15) is 4.98 Å². The molecule has 1 aromatic carbocycles. The van der Waals surface area contributed by atoms with Crippen LogP contribution in [-0.2, 0) is 5.60 Å². The van der Waals surface area contributed by atoms with E-state index < -0.39 is 5.60 Å². The number of fused-ring (bicyclic) bond motifs is 1. The third kappa shape index (κ3) is 4.96. The molecule has 1 aliphatic rings. The van der Waals surface area contributed by atoms with E-state index in [-0.39, 0.29) is 0 Å². The first-order chi connectivity index (χ1) is 16.3. The van der Waals surface area contributed by atoms with Crippen molar-refractivity contribution < 1.29 is 5.11 Å². The molecule has 0 saturated carbocycles. The van der Waals surface area contributed by atoms with E-state index in [0.29, 0.717) is 23.3 Å². The van der Waals surface area contributed by atoms with Crippen LogP contribution in [0.1, 0.15) is 19.5 Å². The van der Waals surface area contributed by atoms with Crippen LogP contribution < -0.4 is 15.5 Å². The van der Waals surface area contributed by atoms with Gasteiger partial charge in [0.05, 0.1) is 11.1 Å². The predicted octanol–water partition coefficient (Wildman–Crippen LogP) is 4.55. The third-order valence-corrected chi connectivity index (χ3v) is 6.75. The van der Waals surface area contributed by atoms with Gasteiger partial charge in [0, 0.05) is 37.6 Å².